The highest BCUT2D eigenvalue weighted by Crippen LogP contribution is 2.14. The Morgan fingerprint density at radius 1 is 1.69 bits per heavy atom. The Hall–Kier alpha value is -0.690. The van der Waals surface area contributed by atoms with Crippen LogP contribution in [0.3, 0.4) is 0 Å². The van der Waals surface area contributed by atoms with Crippen LogP contribution in [-0.4, -0.2) is 22.6 Å². The molecule has 1 heterocycles. The molecule has 1 rings (SSSR count). The van der Waals surface area contributed by atoms with E-state index in [4.69, 9.17) is 10.8 Å². The van der Waals surface area contributed by atoms with Gasteiger partial charge in [-0.15, -0.1) is 0 Å². The minimum absolute atomic E-state index is 0.0344. The summed E-state index contributed by atoms with van der Waals surface area (Å²) in [7, 11) is 0. The van der Waals surface area contributed by atoms with E-state index in [9.17, 15) is 4.79 Å². The van der Waals surface area contributed by atoms with Gasteiger partial charge in [-0.2, -0.15) is 0 Å². The second-order valence-corrected chi connectivity index (χ2v) is 3.61. The average molecular weight is 292 g/mol. The summed E-state index contributed by atoms with van der Waals surface area (Å²) in [5.74, 6) is -0.499. The van der Waals surface area contributed by atoms with E-state index in [1.54, 1.807) is 12.3 Å². The van der Waals surface area contributed by atoms with Gasteiger partial charge in [-0.25, -0.2) is 0 Å². The number of amides is 1. The van der Waals surface area contributed by atoms with Crippen molar-refractivity contribution < 1.29 is 9.90 Å². The number of primary amides is 1. The van der Waals surface area contributed by atoms with Crippen molar-refractivity contribution in [1.82, 2.24) is 4.98 Å². The SMILES string of the molecule is NC(=O)c1c(I)ccnc1CCO. The fourth-order valence-electron chi connectivity index (χ4n) is 1.03. The second-order valence-electron chi connectivity index (χ2n) is 2.45. The third-order valence-corrected chi connectivity index (χ3v) is 2.47. The van der Waals surface area contributed by atoms with Gasteiger partial charge in [0.05, 0.1) is 11.3 Å². The highest BCUT2D eigenvalue weighted by Gasteiger charge is 2.12. The van der Waals surface area contributed by atoms with E-state index in [0.717, 1.165) is 3.57 Å². The van der Waals surface area contributed by atoms with Crippen LogP contribution in [0.2, 0.25) is 0 Å². The monoisotopic (exact) mass is 292 g/mol. The van der Waals surface area contributed by atoms with E-state index in [2.05, 4.69) is 4.98 Å². The quantitative estimate of drug-likeness (QED) is 0.788. The summed E-state index contributed by atoms with van der Waals surface area (Å²) in [6, 6.07) is 1.71. The Labute approximate surface area is 89.3 Å². The van der Waals surface area contributed by atoms with Gasteiger partial charge in [0.2, 0.25) is 0 Å². The van der Waals surface area contributed by atoms with Gasteiger partial charge in [-0.05, 0) is 28.7 Å². The molecule has 3 N–H and O–H groups in total. The number of nitrogens with two attached hydrogens (primary N) is 1. The fourth-order valence-corrected chi connectivity index (χ4v) is 1.77. The maximum absolute atomic E-state index is 11.0. The zero-order valence-electron chi connectivity index (χ0n) is 6.83. The molecule has 0 aliphatic carbocycles. The summed E-state index contributed by atoms with van der Waals surface area (Å²) in [5, 5.41) is 8.72. The Balaban J connectivity index is 3.17. The summed E-state index contributed by atoms with van der Waals surface area (Å²) in [6.45, 7) is -0.0344. The molecule has 0 unspecified atom stereocenters. The van der Waals surface area contributed by atoms with E-state index < -0.39 is 5.91 Å². The minimum atomic E-state index is -0.499. The topological polar surface area (TPSA) is 76.2 Å². The Bertz CT molecular complexity index is 328. The van der Waals surface area contributed by atoms with E-state index in [1.807, 2.05) is 22.6 Å². The third-order valence-electron chi connectivity index (χ3n) is 1.57. The number of aliphatic hydroxyl groups excluding tert-OH is 1. The number of hydrogen-bond acceptors (Lipinski definition) is 3. The number of pyridine rings is 1. The number of aromatic nitrogens is 1. The molecule has 5 heteroatoms. The molecule has 70 valence electrons. The van der Waals surface area contributed by atoms with Crippen LogP contribution in [0.15, 0.2) is 12.3 Å². The van der Waals surface area contributed by atoms with Crippen molar-refractivity contribution in [3.63, 3.8) is 0 Å². The van der Waals surface area contributed by atoms with Gasteiger partial charge in [0, 0.05) is 22.8 Å². The molecule has 0 bridgehead atoms. The van der Waals surface area contributed by atoms with Crippen molar-refractivity contribution in [2.24, 2.45) is 5.73 Å². The standard InChI is InChI=1S/C8H9IN2O2/c9-5-1-3-11-6(2-4-12)7(5)8(10)13/h1,3,12H,2,4H2,(H2,10,13). The summed E-state index contributed by atoms with van der Waals surface area (Å²) in [4.78, 5) is 15.0. The molecule has 4 nitrogen and oxygen atoms in total. The van der Waals surface area contributed by atoms with Gasteiger partial charge in [-0.3, -0.25) is 9.78 Å². The molecule has 0 aliphatic heterocycles. The molecule has 1 aromatic rings. The smallest absolute Gasteiger partial charge is 0.251 e. The number of carbonyl (C=O) groups is 1. The Morgan fingerprint density at radius 2 is 2.38 bits per heavy atom. The van der Waals surface area contributed by atoms with Crippen LogP contribution in [0.1, 0.15) is 16.1 Å². The van der Waals surface area contributed by atoms with Crippen molar-refractivity contribution in [2.45, 2.75) is 6.42 Å². The molecule has 0 radical (unpaired) electrons. The van der Waals surface area contributed by atoms with Crippen LogP contribution in [0.4, 0.5) is 0 Å². The largest absolute Gasteiger partial charge is 0.396 e. The molecule has 0 aromatic carbocycles. The average Bonchev–Trinajstić information content (AvgIpc) is 2.04. The van der Waals surface area contributed by atoms with Crippen LogP contribution in [0.25, 0.3) is 0 Å². The lowest BCUT2D eigenvalue weighted by Crippen LogP contribution is -2.17. The zero-order chi connectivity index (χ0) is 9.84. The van der Waals surface area contributed by atoms with Gasteiger partial charge >= 0.3 is 0 Å². The van der Waals surface area contributed by atoms with Crippen molar-refractivity contribution >= 4 is 28.5 Å². The normalized spacial score (nSPS) is 10.0. The predicted octanol–water partition coefficient (Wildman–Crippen LogP) is 0.320. The van der Waals surface area contributed by atoms with Gasteiger partial charge in [-0.1, -0.05) is 0 Å². The van der Waals surface area contributed by atoms with Crippen LogP contribution >= 0.6 is 22.6 Å². The Morgan fingerprint density at radius 3 is 2.92 bits per heavy atom. The second kappa shape index (κ2) is 4.52. The van der Waals surface area contributed by atoms with E-state index in [0.29, 0.717) is 17.7 Å². The van der Waals surface area contributed by atoms with Gasteiger partial charge in [0.15, 0.2) is 0 Å². The number of hydrogen-bond donors (Lipinski definition) is 2. The molecule has 0 saturated heterocycles. The molecule has 0 aliphatic rings. The highest BCUT2D eigenvalue weighted by molar-refractivity contribution is 14.1. The van der Waals surface area contributed by atoms with E-state index in [-0.39, 0.29) is 6.61 Å². The third kappa shape index (κ3) is 2.38. The predicted molar refractivity (Wildman–Crippen MR) is 56.3 cm³/mol. The van der Waals surface area contributed by atoms with Crippen LogP contribution in [-0.2, 0) is 6.42 Å². The van der Waals surface area contributed by atoms with Gasteiger partial charge in [0.25, 0.3) is 5.91 Å². The van der Waals surface area contributed by atoms with E-state index in [1.165, 1.54) is 0 Å². The zero-order valence-corrected chi connectivity index (χ0v) is 8.98. The van der Waals surface area contributed by atoms with Crippen LogP contribution < -0.4 is 5.73 Å². The summed E-state index contributed by atoms with van der Waals surface area (Å²) in [6.07, 6.45) is 1.95. The van der Waals surface area contributed by atoms with Crippen molar-refractivity contribution in [3.05, 3.63) is 27.1 Å². The number of halogens is 1. The van der Waals surface area contributed by atoms with E-state index >= 15 is 0 Å². The van der Waals surface area contributed by atoms with Gasteiger partial charge in [0.1, 0.15) is 0 Å². The summed E-state index contributed by atoms with van der Waals surface area (Å²) in [5.41, 5.74) is 6.15. The number of nitrogens with zero attached hydrogens (tertiary/aromatic N) is 1. The maximum Gasteiger partial charge on any atom is 0.251 e. The fraction of sp³-hybridized carbons (Fsp3) is 0.250. The Kier molecular flexibility index (Phi) is 3.61. The summed E-state index contributed by atoms with van der Waals surface area (Å²) < 4.78 is 0.767. The first-order chi connectivity index (χ1) is 6.16. The lowest BCUT2D eigenvalue weighted by Gasteiger charge is -2.05. The molecule has 0 spiro atoms. The molecule has 0 fully saturated rings. The van der Waals surface area contributed by atoms with Crippen molar-refractivity contribution in [2.75, 3.05) is 6.61 Å². The first kappa shape index (κ1) is 10.4. The van der Waals surface area contributed by atoms with Crippen LogP contribution in [0.5, 0.6) is 0 Å². The first-order valence-electron chi connectivity index (χ1n) is 3.71. The van der Waals surface area contributed by atoms with Gasteiger partial charge < -0.3 is 10.8 Å². The molecule has 0 atom stereocenters. The molecular formula is C8H9IN2O2. The molecule has 1 aromatic heterocycles. The first-order valence-corrected chi connectivity index (χ1v) is 4.78. The lowest BCUT2D eigenvalue weighted by atomic mass is 10.1. The molecular weight excluding hydrogens is 283 g/mol. The van der Waals surface area contributed by atoms with Crippen molar-refractivity contribution in [1.29, 1.82) is 0 Å². The summed E-state index contributed by atoms with van der Waals surface area (Å²) >= 11 is 2.02. The lowest BCUT2D eigenvalue weighted by molar-refractivity contribution is 0.0998. The minimum Gasteiger partial charge on any atom is -0.396 e. The molecule has 0 saturated carbocycles. The molecule has 1 amide bonds. The van der Waals surface area contributed by atoms with Crippen molar-refractivity contribution in [3.8, 4) is 0 Å². The number of rotatable bonds is 3. The highest BCUT2D eigenvalue weighted by atomic mass is 127. The number of aliphatic hydroxyl groups is 1. The van der Waals surface area contributed by atoms with Crippen LogP contribution in [0, 0.1) is 3.57 Å². The maximum atomic E-state index is 11.0. The number of carbonyl (C=O) groups excluding carboxylic acids is 1. The molecule has 13 heavy (non-hydrogen) atoms.